The van der Waals surface area contributed by atoms with Gasteiger partial charge in [0.1, 0.15) is 5.76 Å². The van der Waals surface area contributed by atoms with Crippen LogP contribution in [0.15, 0.2) is 11.8 Å². The van der Waals surface area contributed by atoms with Gasteiger partial charge in [0.15, 0.2) is 0 Å². The zero-order valence-corrected chi connectivity index (χ0v) is 8.15. The van der Waals surface area contributed by atoms with E-state index in [1.807, 2.05) is 6.92 Å². The fourth-order valence-electron chi connectivity index (χ4n) is 1.000. The molecule has 14 heavy (non-hydrogen) atoms. The van der Waals surface area contributed by atoms with Crippen LogP contribution in [0, 0.1) is 5.92 Å². The van der Waals surface area contributed by atoms with Crippen LogP contribution in [-0.2, 0) is 14.3 Å². The van der Waals surface area contributed by atoms with E-state index in [4.69, 9.17) is 0 Å². The van der Waals surface area contributed by atoms with Gasteiger partial charge in [-0.2, -0.15) is 21.6 Å². The van der Waals surface area contributed by atoms with Crippen molar-refractivity contribution in [3.63, 3.8) is 0 Å². The first kappa shape index (κ1) is 11.4. The molecular weight excluding hydrogens is 221 g/mol. The minimum absolute atomic E-state index is 0.117. The van der Waals surface area contributed by atoms with Crippen molar-refractivity contribution in [2.24, 2.45) is 5.92 Å². The van der Waals surface area contributed by atoms with E-state index in [1.54, 1.807) is 0 Å². The molecule has 1 unspecified atom stereocenters. The maximum atomic E-state index is 11.8. The molecule has 0 aromatic rings. The summed E-state index contributed by atoms with van der Waals surface area (Å²) < 4.78 is 60.2. The van der Waals surface area contributed by atoms with E-state index in [-0.39, 0.29) is 18.1 Å². The van der Waals surface area contributed by atoms with Crippen molar-refractivity contribution >= 4 is 10.1 Å². The molecule has 0 spiro atoms. The molecule has 1 aliphatic rings. The lowest BCUT2D eigenvalue weighted by Gasteiger charge is -2.23. The molecule has 0 aliphatic heterocycles. The predicted molar refractivity (Wildman–Crippen MR) is 42.5 cm³/mol. The van der Waals surface area contributed by atoms with Crippen molar-refractivity contribution in [1.29, 1.82) is 0 Å². The number of rotatable bonds is 3. The normalized spacial score (nSPS) is 22.6. The van der Waals surface area contributed by atoms with Gasteiger partial charge in [-0.15, -0.1) is 0 Å². The summed E-state index contributed by atoms with van der Waals surface area (Å²) in [5.74, 6) is 0.0163. The summed E-state index contributed by atoms with van der Waals surface area (Å²) in [4.78, 5) is 0. The van der Waals surface area contributed by atoms with Crippen molar-refractivity contribution < 1.29 is 25.8 Å². The smallest absolute Gasteiger partial charge is 0.381 e. The molecule has 0 aromatic carbocycles. The molecule has 0 bridgehead atoms. The van der Waals surface area contributed by atoms with E-state index < -0.39 is 15.6 Å². The summed E-state index contributed by atoms with van der Waals surface area (Å²) in [6.07, 6.45) is 2.41. The van der Waals surface area contributed by atoms with Crippen LogP contribution >= 0.6 is 0 Å². The fourth-order valence-corrected chi connectivity index (χ4v) is 1.50. The highest BCUT2D eigenvalue weighted by molar-refractivity contribution is 7.87. The van der Waals surface area contributed by atoms with Gasteiger partial charge in [0.05, 0.1) is 0 Å². The predicted octanol–water partition coefficient (Wildman–Crippen LogP) is 2.17. The van der Waals surface area contributed by atoms with Crippen LogP contribution in [0.1, 0.15) is 19.8 Å². The van der Waals surface area contributed by atoms with Crippen molar-refractivity contribution in [3.8, 4) is 0 Å². The molecule has 1 rings (SSSR count). The van der Waals surface area contributed by atoms with Crippen molar-refractivity contribution in [3.05, 3.63) is 11.8 Å². The molecule has 0 saturated heterocycles. The molecule has 0 amide bonds. The van der Waals surface area contributed by atoms with Crippen LogP contribution < -0.4 is 0 Å². The number of hydrogen-bond acceptors (Lipinski definition) is 3. The minimum Gasteiger partial charge on any atom is -0.381 e. The fraction of sp³-hybridized carbons (Fsp3) is 0.714. The molecule has 0 saturated carbocycles. The second kappa shape index (κ2) is 3.45. The summed E-state index contributed by atoms with van der Waals surface area (Å²) in [5.41, 5.74) is -5.34. The van der Waals surface area contributed by atoms with E-state index in [0.717, 1.165) is 6.42 Å². The number of allylic oxidation sites excluding steroid dienone is 2. The zero-order valence-electron chi connectivity index (χ0n) is 7.34. The van der Waals surface area contributed by atoms with Crippen molar-refractivity contribution in [2.45, 2.75) is 25.3 Å². The lowest BCUT2D eigenvalue weighted by Crippen LogP contribution is -2.27. The largest absolute Gasteiger partial charge is 0.534 e. The van der Waals surface area contributed by atoms with E-state index >= 15 is 0 Å². The third-order valence-electron chi connectivity index (χ3n) is 1.91. The SMILES string of the molecule is CCC1C=C(OS(=O)(=O)C(F)(F)F)C1. The third kappa shape index (κ3) is 2.20. The van der Waals surface area contributed by atoms with Crippen LogP contribution in [0.25, 0.3) is 0 Å². The standard InChI is InChI=1S/C7H9F3O3S/c1-2-5-3-6(4-5)13-14(11,12)7(8,9)10/h3,5H,2,4H2,1H3. The van der Waals surface area contributed by atoms with E-state index in [9.17, 15) is 21.6 Å². The summed E-state index contributed by atoms with van der Waals surface area (Å²) in [6, 6.07) is 0. The highest BCUT2D eigenvalue weighted by Crippen LogP contribution is 2.34. The van der Waals surface area contributed by atoms with Gasteiger partial charge in [0.25, 0.3) is 0 Å². The quantitative estimate of drug-likeness (QED) is 0.551. The van der Waals surface area contributed by atoms with Gasteiger partial charge < -0.3 is 4.18 Å². The molecule has 0 radical (unpaired) electrons. The van der Waals surface area contributed by atoms with Crippen LogP contribution in [-0.4, -0.2) is 13.9 Å². The summed E-state index contributed by atoms with van der Waals surface area (Å²) in [5, 5.41) is 0. The second-order valence-corrected chi connectivity index (χ2v) is 4.53. The molecule has 0 fully saturated rings. The summed E-state index contributed by atoms with van der Waals surface area (Å²) >= 11 is 0. The van der Waals surface area contributed by atoms with Gasteiger partial charge >= 0.3 is 15.6 Å². The average molecular weight is 230 g/mol. The molecular formula is C7H9F3O3S. The van der Waals surface area contributed by atoms with Crippen molar-refractivity contribution in [1.82, 2.24) is 0 Å². The Labute approximate surface area is 79.7 Å². The minimum atomic E-state index is -5.46. The molecule has 7 heteroatoms. The third-order valence-corrected chi connectivity index (χ3v) is 2.91. The summed E-state index contributed by atoms with van der Waals surface area (Å²) in [7, 11) is -5.46. The van der Waals surface area contributed by atoms with Gasteiger partial charge in [-0.05, 0) is 18.4 Å². The van der Waals surface area contributed by atoms with Crippen molar-refractivity contribution in [2.75, 3.05) is 0 Å². The maximum Gasteiger partial charge on any atom is 0.534 e. The van der Waals surface area contributed by atoms with Gasteiger partial charge in [0, 0.05) is 6.42 Å². The monoisotopic (exact) mass is 230 g/mol. The Bertz CT molecular complexity index is 342. The topological polar surface area (TPSA) is 43.4 Å². The first-order chi connectivity index (χ1) is 6.26. The van der Waals surface area contributed by atoms with Gasteiger partial charge in [-0.1, -0.05) is 6.92 Å². The number of hydrogen-bond donors (Lipinski definition) is 0. The first-order valence-corrected chi connectivity index (χ1v) is 5.38. The van der Waals surface area contributed by atoms with Crippen LogP contribution in [0.4, 0.5) is 13.2 Å². The number of alkyl halides is 3. The summed E-state index contributed by atoms with van der Waals surface area (Å²) in [6.45, 7) is 1.86. The van der Waals surface area contributed by atoms with Gasteiger partial charge in [-0.3, -0.25) is 0 Å². The Kier molecular flexibility index (Phi) is 2.80. The molecule has 1 atom stereocenters. The Hall–Kier alpha value is -0.720. The highest BCUT2D eigenvalue weighted by Gasteiger charge is 2.49. The zero-order chi connectivity index (χ0) is 11.0. The Morgan fingerprint density at radius 1 is 1.57 bits per heavy atom. The Balaban J connectivity index is 2.64. The van der Waals surface area contributed by atoms with Crippen LogP contribution in [0.5, 0.6) is 0 Å². The van der Waals surface area contributed by atoms with E-state index in [1.165, 1.54) is 6.08 Å². The second-order valence-electron chi connectivity index (χ2n) is 2.99. The lowest BCUT2D eigenvalue weighted by atomic mass is 9.91. The Morgan fingerprint density at radius 2 is 2.07 bits per heavy atom. The molecule has 0 heterocycles. The molecule has 82 valence electrons. The van der Waals surface area contributed by atoms with Gasteiger partial charge in [0.2, 0.25) is 0 Å². The maximum absolute atomic E-state index is 11.8. The van der Waals surface area contributed by atoms with E-state index in [0.29, 0.717) is 0 Å². The highest BCUT2D eigenvalue weighted by atomic mass is 32.2. The van der Waals surface area contributed by atoms with E-state index in [2.05, 4.69) is 4.18 Å². The first-order valence-electron chi connectivity index (χ1n) is 3.97. The molecule has 0 aromatic heterocycles. The van der Waals surface area contributed by atoms with Gasteiger partial charge in [-0.25, -0.2) is 0 Å². The van der Waals surface area contributed by atoms with Crippen LogP contribution in [0.2, 0.25) is 0 Å². The van der Waals surface area contributed by atoms with Crippen LogP contribution in [0.3, 0.4) is 0 Å². The molecule has 1 aliphatic carbocycles. The number of halogens is 3. The average Bonchev–Trinajstić information content (AvgIpc) is 1.93. The Morgan fingerprint density at radius 3 is 2.43 bits per heavy atom. The molecule has 3 nitrogen and oxygen atoms in total. The lowest BCUT2D eigenvalue weighted by molar-refractivity contribution is -0.0527. The molecule has 0 N–H and O–H groups in total.